The molecule has 0 radical (unpaired) electrons. The summed E-state index contributed by atoms with van der Waals surface area (Å²) in [7, 11) is 0. The van der Waals surface area contributed by atoms with E-state index in [2.05, 4.69) is 11.0 Å². The number of hydrogen-bond acceptors (Lipinski definition) is 5. The third-order valence-corrected chi connectivity index (χ3v) is 7.16. The summed E-state index contributed by atoms with van der Waals surface area (Å²) in [6.45, 7) is 2.97. The van der Waals surface area contributed by atoms with Crippen LogP contribution in [0.2, 0.25) is 0 Å². The lowest BCUT2D eigenvalue weighted by Gasteiger charge is -2.42. The molecular weight excluding hydrogens is 380 g/mol. The van der Waals surface area contributed by atoms with Crippen LogP contribution >= 0.6 is 0 Å². The number of aryl methyl sites for hydroxylation is 1. The van der Waals surface area contributed by atoms with Gasteiger partial charge in [0.15, 0.2) is 0 Å². The number of fused-ring (bicyclic) bond motifs is 7. The van der Waals surface area contributed by atoms with Crippen LogP contribution in [0.25, 0.3) is 11.0 Å². The van der Waals surface area contributed by atoms with Crippen LogP contribution < -0.4 is 11.2 Å². The van der Waals surface area contributed by atoms with Crippen molar-refractivity contribution in [3.8, 4) is 5.75 Å². The van der Waals surface area contributed by atoms with Crippen LogP contribution in [-0.2, 0) is 25.9 Å². The number of piperidine rings is 1. The van der Waals surface area contributed by atoms with E-state index in [0.717, 1.165) is 67.5 Å². The first-order chi connectivity index (χ1) is 14.6. The number of likely N-dealkylation sites (tertiary alicyclic amines) is 1. The predicted octanol–water partition coefficient (Wildman–Crippen LogP) is 2.77. The Kier molecular flexibility index (Phi) is 3.93. The lowest BCUT2D eigenvalue weighted by atomic mass is 9.83. The first-order valence-corrected chi connectivity index (χ1v) is 10.8. The topological polar surface area (TPSA) is 75.7 Å². The molecule has 30 heavy (non-hydrogen) atoms. The van der Waals surface area contributed by atoms with Crippen molar-refractivity contribution in [3.05, 3.63) is 73.5 Å². The molecule has 1 fully saturated rings. The number of aromatic nitrogens is 1. The van der Waals surface area contributed by atoms with Crippen molar-refractivity contribution in [3.63, 3.8) is 0 Å². The summed E-state index contributed by atoms with van der Waals surface area (Å²) in [5.74, 6) is 0.889. The van der Waals surface area contributed by atoms with Gasteiger partial charge in [0.1, 0.15) is 11.3 Å². The minimum atomic E-state index is -0.259. The fourth-order valence-corrected chi connectivity index (χ4v) is 5.89. The lowest BCUT2D eigenvalue weighted by molar-refractivity contribution is 0.113. The summed E-state index contributed by atoms with van der Waals surface area (Å²) in [6.07, 6.45) is 3.73. The zero-order valence-electron chi connectivity index (χ0n) is 16.8. The van der Waals surface area contributed by atoms with E-state index in [0.29, 0.717) is 29.5 Å². The Morgan fingerprint density at radius 2 is 1.90 bits per heavy atom. The second kappa shape index (κ2) is 6.57. The molecule has 1 aromatic carbocycles. The van der Waals surface area contributed by atoms with Gasteiger partial charge in [0.25, 0.3) is 5.56 Å². The van der Waals surface area contributed by atoms with E-state index in [1.807, 2.05) is 16.7 Å². The molecular formula is C24H24N2O4. The van der Waals surface area contributed by atoms with Gasteiger partial charge in [-0.05, 0) is 55.4 Å². The van der Waals surface area contributed by atoms with Crippen molar-refractivity contribution < 1.29 is 9.52 Å². The van der Waals surface area contributed by atoms with Gasteiger partial charge in [-0.15, -0.1) is 0 Å². The molecule has 1 N–H and O–H groups in total. The average Bonchev–Trinajstić information content (AvgIpc) is 3.22. The molecule has 0 saturated carbocycles. The van der Waals surface area contributed by atoms with Gasteiger partial charge in [0.05, 0.1) is 5.56 Å². The van der Waals surface area contributed by atoms with E-state index in [9.17, 15) is 14.7 Å². The largest absolute Gasteiger partial charge is 0.507 e. The predicted molar refractivity (Wildman–Crippen MR) is 113 cm³/mol. The Morgan fingerprint density at radius 1 is 1.03 bits per heavy atom. The summed E-state index contributed by atoms with van der Waals surface area (Å²) in [5, 5.41) is 11.6. The quantitative estimate of drug-likeness (QED) is 0.665. The maximum absolute atomic E-state index is 12.5. The minimum absolute atomic E-state index is 0.0815. The molecule has 0 amide bonds. The van der Waals surface area contributed by atoms with Crippen LogP contribution in [0.15, 0.2) is 44.3 Å². The highest BCUT2D eigenvalue weighted by Gasteiger charge is 2.35. The van der Waals surface area contributed by atoms with E-state index in [1.165, 1.54) is 0 Å². The number of phenolic OH excluding ortho intramolecular Hbond substituents is 1. The highest BCUT2D eigenvalue weighted by molar-refractivity contribution is 5.86. The van der Waals surface area contributed by atoms with Crippen molar-refractivity contribution >= 4 is 11.0 Å². The van der Waals surface area contributed by atoms with E-state index in [4.69, 9.17) is 4.42 Å². The van der Waals surface area contributed by atoms with Gasteiger partial charge < -0.3 is 14.1 Å². The monoisotopic (exact) mass is 404 g/mol. The summed E-state index contributed by atoms with van der Waals surface area (Å²) in [6, 6.07) is 9.16. The van der Waals surface area contributed by atoms with E-state index < -0.39 is 0 Å². The second-order valence-electron chi connectivity index (χ2n) is 9.03. The number of aromatic hydroxyl groups is 1. The average molecular weight is 404 g/mol. The molecule has 6 nitrogen and oxygen atoms in total. The number of phenols is 1. The van der Waals surface area contributed by atoms with Crippen LogP contribution in [0.4, 0.5) is 0 Å². The molecule has 6 heteroatoms. The molecule has 154 valence electrons. The number of pyridine rings is 1. The van der Waals surface area contributed by atoms with Crippen molar-refractivity contribution in [2.45, 2.75) is 44.7 Å². The van der Waals surface area contributed by atoms with Gasteiger partial charge in [0.2, 0.25) is 0 Å². The molecule has 2 aromatic heterocycles. The Morgan fingerprint density at radius 3 is 2.80 bits per heavy atom. The second-order valence-corrected chi connectivity index (χ2v) is 9.03. The van der Waals surface area contributed by atoms with Gasteiger partial charge in [-0.1, -0.05) is 6.07 Å². The fraction of sp³-hybridized carbons (Fsp3) is 0.417. The number of hydrogen-bond donors (Lipinski definition) is 1. The number of rotatable bonds is 2. The van der Waals surface area contributed by atoms with Crippen LogP contribution in [-0.4, -0.2) is 27.7 Å². The summed E-state index contributed by atoms with van der Waals surface area (Å²) < 4.78 is 7.66. The highest BCUT2D eigenvalue weighted by Crippen LogP contribution is 2.38. The molecule has 2 atom stereocenters. The Bertz CT molecular complexity index is 1290. The van der Waals surface area contributed by atoms with Gasteiger partial charge in [0, 0.05) is 54.8 Å². The highest BCUT2D eigenvalue weighted by atomic mass is 16.4. The third-order valence-electron chi connectivity index (χ3n) is 7.16. The molecule has 1 aliphatic carbocycles. The molecule has 0 spiro atoms. The fourth-order valence-electron chi connectivity index (χ4n) is 5.89. The molecule has 3 aromatic rings. The molecule has 4 heterocycles. The lowest BCUT2D eigenvalue weighted by Crippen LogP contribution is -2.46. The van der Waals surface area contributed by atoms with Gasteiger partial charge in [-0.25, -0.2) is 4.79 Å². The molecule has 6 rings (SSSR count). The van der Waals surface area contributed by atoms with Crippen molar-refractivity contribution in [1.29, 1.82) is 0 Å². The normalized spacial score (nSPS) is 22.8. The van der Waals surface area contributed by atoms with Gasteiger partial charge in [-0.3, -0.25) is 9.69 Å². The van der Waals surface area contributed by atoms with Crippen LogP contribution in [0.5, 0.6) is 5.75 Å². The Labute approximate surface area is 173 Å². The SMILES string of the molecule is O=c1oc2c(CN3CC4CC(C3)c3cccc(=O)n3C4)c(O)ccc2c2c1CCC2. The van der Waals surface area contributed by atoms with Crippen molar-refractivity contribution in [2.24, 2.45) is 5.92 Å². The zero-order valence-corrected chi connectivity index (χ0v) is 16.8. The van der Waals surface area contributed by atoms with Crippen molar-refractivity contribution in [1.82, 2.24) is 9.47 Å². The summed E-state index contributed by atoms with van der Waals surface area (Å²) in [4.78, 5) is 27.1. The number of benzene rings is 1. The maximum Gasteiger partial charge on any atom is 0.339 e. The van der Waals surface area contributed by atoms with E-state index in [-0.39, 0.29) is 16.9 Å². The molecule has 2 unspecified atom stereocenters. The molecule has 1 saturated heterocycles. The van der Waals surface area contributed by atoms with E-state index >= 15 is 0 Å². The van der Waals surface area contributed by atoms with Crippen LogP contribution in [0.1, 0.15) is 41.1 Å². The first-order valence-electron chi connectivity index (χ1n) is 10.8. The smallest absolute Gasteiger partial charge is 0.339 e. The maximum atomic E-state index is 12.5. The Balaban J connectivity index is 1.38. The molecule has 2 aliphatic heterocycles. The zero-order chi connectivity index (χ0) is 20.4. The van der Waals surface area contributed by atoms with E-state index in [1.54, 1.807) is 12.1 Å². The third kappa shape index (κ3) is 2.67. The summed E-state index contributed by atoms with van der Waals surface area (Å²) in [5.41, 5.74) is 4.05. The minimum Gasteiger partial charge on any atom is -0.507 e. The first kappa shape index (κ1) is 18.0. The number of nitrogens with zero attached hydrogens (tertiary/aromatic N) is 2. The Hall–Kier alpha value is -2.86. The van der Waals surface area contributed by atoms with Gasteiger partial charge >= 0.3 is 5.63 Å². The van der Waals surface area contributed by atoms with Crippen molar-refractivity contribution in [2.75, 3.05) is 13.1 Å². The van der Waals surface area contributed by atoms with Crippen LogP contribution in [0, 0.1) is 5.92 Å². The van der Waals surface area contributed by atoms with Gasteiger partial charge in [-0.2, -0.15) is 0 Å². The standard InChI is InChI=1S/C24H24N2O4/c27-21-8-7-17-16-3-1-4-18(16)24(29)30-23(17)19(21)13-25-10-14-9-15(12-25)20-5-2-6-22(28)26(20)11-14/h2,5-8,14-15,27H,1,3-4,9-13H2. The van der Waals surface area contributed by atoms with Crippen LogP contribution in [0.3, 0.4) is 0 Å². The molecule has 2 bridgehead atoms. The summed E-state index contributed by atoms with van der Waals surface area (Å²) >= 11 is 0. The molecule has 3 aliphatic rings.